The molecule has 0 saturated carbocycles. The van der Waals surface area contributed by atoms with E-state index in [2.05, 4.69) is 27.7 Å². The molecule has 0 atom stereocenters. The van der Waals surface area contributed by atoms with E-state index in [1.54, 1.807) is 0 Å². The lowest BCUT2D eigenvalue weighted by Gasteiger charge is -2.34. The fraction of sp³-hybridized carbons (Fsp3) is 1.00. The zero-order valence-corrected chi connectivity index (χ0v) is 16.2. The first kappa shape index (κ1) is 22.0. The molecule has 0 heterocycles. The van der Waals surface area contributed by atoms with Crippen LogP contribution >= 0.6 is 0 Å². The summed E-state index contributed by atoms with van der Waals surface area (Å²) in [5.41, 5.74) is 0.200. The molecule has 0 rings (SSSR count). The third-order valence-electron chi connectivity index (χ3n) is 4.82. The predicted molar refractivity (Wildman–Crippen MR) is 101 cm³/mol. The minimum absolute atomic E-state index is 0.200. The summed E-state index contributed by atoms with van der Waals surface area (Å²) in [6.45, 7) is 10.1. The van der Waals surface area contributed by atoms with Gasteiger partial charge in [0.1, 0.15) is 0 Å². The lowest BCUT2D eigenvalue weighted by atomic mass is 9.85. The predicted octanol–water partition coefficient (Wildman–Crippen LogP) is 7.67. The molecule has 0 amide bonds. The second-order valence-electron chi connectivity index (χ2n) is 7.11. The summed E-state index contributed by atoms with van der Waals surface area (Å²) >= 11 is 0. The summed E-state index contributed by atoms with van der Waals surface area (Å²) in [5.74, 6) is 0. The lowest BCUT2D eigenvalue weighted by molar-refractivity contribution is -0.0674. The van der Waals surface area contributed by atoms with E-state index in [0.29, 0.717) is 0 Å². The van der Waals surface area contributed by atoms with Gasteiger partial charge in [0.15, 0.2) is 0 Å². The van der Waals surface area contributed by atoms with Crippen molar-refractivity contribution in [1.29, 1.82) is 0 Å². The Balaban J connectivity index is 4.21. The van der Waals surface area contributed by atoms with Gasteiger partial charge in [-0.25, -0.2) is 0 Å². The van der Waals surface area contributed by atoms with Gasteiger partial charge in [0.2, 0.25) is 0 Å². The quantitative estimate of drug-likeness (QED) is 0.250. The summed E-state index contributed by atoms with van der Waals surface area (Å²) in [6, 6.07) is 0. The first-order valence-corrected chi connectivity index (χ1v) is 10.4. The summed E-state index contributed by atoms with van der Waals surface area (Å²) in [7, 11) is 0. The average molecular weight is 313 g/mol. The van der Waals surface area contributed by atoms with Crippen molar-refractivity contribution < 1.29 is 4.74 Å². The molecule has 0 aliphatic heterocycles. The molecule has 0 bridgehead atoms. The number of ether oxygens (including phenoxy) is 1. The molecule has 1 heteroatoms. The van der Waals surface area contributed by atoms with Gasteiger partial charge in [-0.1, -0.05) is 98.3 Å². The van der Waals surface area contributed by atoms with Crippen molar-refractivity contribution in [2.24, 2.45) is 0 Å². The molecule has 0 saturated heterocycles. The largest absolute Gasteiger partial charge is 0.375 e. The fourth-order valence-electron chi connectivity index (χ4n) is 3.31. The van der Waals surface area contributed by atoms with Crippen LogP contribution in [0, 0.1) is 0 Å². The zero-order valence-electron chi connectivity index (χ0n) is 16.2. The molecule has 22 heavy (non-hydrogen) atoms. The summed E-state index contributed by atoms with van der Waals surface area (Å²) in [6.07, 6.45) is 20.0. The molecule has 0 aromatic heterocycles. The smallest absolute Gasteiger partial charge is 0.0682 e. The van der Waals surface area contributed by atoms with Crippen molar-refractivity contribution in [3.8, 4) is 0 Å². The van der Waals surface area contributed by atoms with E-state index in [1.807, 2.05) is 0 Å². The highest BCUT2D eigenvalue weighted by Crippen LogP contribution is 2.32. The van der Waals surface area contributed by atoms with Crippen molar-refractivity contribution >= 4 is 0 Å². The zero-order chi connectivity index (χ0) is 16.5. The highest BCUT2D eigenvalue weighted by Gasteiger charge is 2.28. The molecule has 0 radical (unpaired) electrons. The van der Waals surface area contributed by atoms with Crippen LogP contribution in [0.3, 0.4) is 0 Å². The van der Waals surface area contributed by atoms with Crippen LogP contribution < -0.4 is 0 Å². The number of hydrogen-bond donors (Lipinski definition) is 0. The van der Waals surface area contributed by atoms with Crippen LogP contribution in [0.5, 0.6) is 0 Å². The van der Waals surface area contributed by atoms with E-state index in [0.717, 1.165) is 13.0 Å². The van der Waals surface area contributed by atoms with Crippen molar-refractivity contribution in [1.82, 2.24) is 0 Å². The molecule has 0 spiro atoms. The van der Waals surface area contributed by atoms with Crippen molar-refractivity contribution in [3.63, 3.8) is 0 Å². The Morgan fingerprint density at radius 2 is 0.955 bits per heavy atom. The van der Waals surface area contributed by atoms with Gasteiger partial charge in [-0.05, 0) is 25.7 Å². The molecule has 0 N–H and O–H groups in total. The van der Waals surface area contributed by atoms with E-state index in [1.165, 1.54) is 89.9 Å². The van der Waals surface area contributed by atoms with Gasteiger partial charge in [0, 0.05) is 6.61 Å². The fourth-order valence-corrected chi connectivity index (χ4v) is 3.31. The van der Waals surface area contributed by atoms with E-state index in [9.17, 15) is 0 Å². The van der Waals surface area contributed by atoms with E-state index in [4.69, 9.17) is 4.74 Å². The third-order valence-corrected chi connectivity index (χ3v) is 4.82. The molecular formula is C21H44O. The lowest BCUT2D eigenvalue weighted by Crippen LogP contribution is -2.33. The first-order valence-electron chi connectivity index (χ1n) is 10.4. The van der Waals surface area contributed by atoms with Gasteiger partial charge in [0.05, 0.1) is 5.60 Å². The van der Waals surface area contributed by atoms with Gasteiger partial charge < -0.3 is 4.74 Å². The monoisotopic (exact) mass is 312 g/mol. The van der Waals surface area contributed by atoms with Crippen LogP contribution in [0.1, 0.15) is 124 Å². The van der Waals surface area contributed by atoms with Crippen molar-refractivity contribution in [2.75, 3.05) is 6.61 Å². The minimum Gasteiger partial charge on any atom is -0.375 e. The maximum Gasteiger partial charge on any atom is 0.0682 e. The standard InChI is InChI=1S/C21H44O/c1-5-9-12-13-14-15-16-19-21(17-10-6-2,18-11-7-3)22-20-8-4/h5-20H2,1-4H3. The van der Waals surface area contributed by atoms with Crippen molar-refractivity contribution in [2.45, 2.75) is 130 Å². The molecule has 0 fully saturated rings. The van der Waals surface area contributed by atoms with Crippen LogP contribution in [0.25, 0.3) is 0 Å². The highest BCUT2D eigenvalue weighted by atomic mass is 16.5. The number of hydrogen-bond acceptors (Lipinski definition) is 1. The first-order chi connectivity index (χ1) is 10.7. The summed E-state index contributed by atoms with van der Waals surface area (Å²) < 4.78 is 6.43. The second kappa shape index (κ2) is 15.8. The highest BCUT2D eigenvalue weighted by molar-refractivity contribution is 4.81. The van der Waals surface area contributed by atoms with E-state index >= 15 is 0 Å². The van der Waals surface area contributed by atoms with Gasteiger partial charge in [-0.2, -0.15) is 0 Å². The Hall–Kier alpha value is -0.0400. The Bertz CT molecular complexity index is 190. The van der Waals surface area contributed by atoms with Crippen LogP contribution in [0.2, 0.25) is 0 Å². The molecule has 0 aromatic rings. The maximum atomic E-state index is 6.43. The van der Waals surface area contributed by atoms with Crippen LogP contribution in [-0.4, -0.2) is 12.2 Å². The molecular weight excluding hydrogens is 268 g/mol. The maximum absolute atomic E-state index is 6.43. The Labute approximate surface area is 141 Å². The molecule has 0 aromatic carbocycles. The van der Waals surface area contributed by atoms with Crippen LogP contribution in [-0.2, 0) is 4.74 Å². The minimum atomic E-state index is 0.200. The molecule has 0 aliphatic rings. The normalized spacial score (nSPS) is 12.0. The van der Waals surface area contributed by atoms with Gasteiger partial charge >= 0.3 is 0 Å². The van der Waals surface area contributed by atoms with Crippen LogP contribution in [0.15, 0.2) is 0 Å². The topological polar surface area (TPSA) is 9.23 Å². The van der Waals surface area contributed by atoms with Gasteiger partial charge in [-0.3, -0.25) is 0 Å². The Morgan fingerprint density at radius 3 is 1.45 bits per heavy atom. The molecule has 0 aliphatic carbocycles. The molecule has 0 unspecified atom stereocenters. The number of rotatable bonds is 17. The van der Waals surface area contributed by atoms with Crippen molar-refractivity contribution in [3.05, 3.63) is 0 Å². The molecule has 1 nitrogen and oxygen atoms in total. The van der Waals surface area contributed by atoms with Gasteiger partial charge in [-0.15, -0.1) is 0 Å². The van der Waals surface area contributed by atoms with Crippen LogP contribution in [0.4, 0.5) is 0 Å². The third kappa shape index (κ3) is 11.5. The Morgan fingerprint density at radius 1 is 0.500 bits per heavy atom. The average Bonchev–Trinajstić information content (AvgIpc) is 2.55. The summed E-state index contributed by atoms with van der Waals surface area (Å²) in [5, 5.41) is 0. The second-order valence-corrected chi connectivity index (χ2v) is 7.11. The summed E-state index contributed by atoms with van der Waals surface area (Å²) in [4.78, 5) is 0. The van der Waals surface area contributed by atoms with E-state index in [-0.39, 0.29) is 5.60 Å². The molecule has 134 valence electrons. The van der Waals surface area contributed by atoms with Gasteiger partial charge in [0.25, 0.3) is 0 Å². The SMILES string of the molecule is CCCCCCCCCC(CCCC)(CCCC)OCCC. The van der Waals surface area contributed by atoms with E-state index < -0.39 is 0 Å². The number of unbranched alkanes of at least 4 members (excludes halogenated alkanes) is 8. The Kier molecular flexibility index (Phi) is 15.8.